The van der Waals surface area contributed by atoms with Crippen molar-refractivity contribution in [2.45, 2.75) is 19.3 Å². The molecule has 0 fully saturated rings. The number of hydrogen-bond acceptors (Lipinski definition) is 2. The topological polar surface area (TPSA) is 46.3 Å². The SMILES string of the molecule is NCCCC(=O)N1CC=CCC1. The number of carbonyl (C=O) groups is 1. The maximum Gasteiger partial charge on any atom is 0.222 e. The highest BCUT2D eigenvalue weighted by atomic mass is 16.2. The number of amides is 1. The molecule has 2 N–H and O–H groups in total. The molecule has 0 radical (unpaired) electrons. The first-order chi connectivity index (χ1) is 5.84. The maximum absolute atomic E-state index is 11.4. The van der Waals surface area contributed by atoms with Gasteiger partial charge in [-0.1, -0.05) is 12.2 Å². The molecule has 0 bridgehead atoms. The van der Waals surface area contributed by atoms with E-state index >= 15 is 0 Å². The molecule has 68 valence electrons. The highest BCUT2D eigenvalue weighted by Gasteiger charge is 2.12. The summed E-state index contributed by atoms with van der Waals surface area (Å²) in [5.41, 5.74) is 5.32. The Balaban J connectivity index is 2.26. The molecule has 0 aromatic rings. The summed E-state index contributed by atoms with van der Waals surface area (Å²) in [6.45, 7) is 2.26. The molecule has 3 nitrogen and oxygen atoms in total. The molecule has 1 aliphatic rings. The molecule has 1 amide bonds. The highest BCUT2D eigenvalue weighted by molar-refractivity contribution is 5.76. The average molecular weight is 168 g/mol. The minimum atomic E-state index is 0.241. The molecule has 0 saturated carbocycles. The molecule has 0 spiro atoms. The van der Waals surface area contributed by atoms with Crippen molar-refractivity contribution < 1.29 is 4.79 Å². The van der Waals surface area contributed by atoms with Crippen LogP contribution in [-0.2, 0) is 4.79 Å². The summed E-state index contributed by atoms with van der Waals surface area (Å²) < 4.78 is 0. The van der Waals surface area contributed by atoms with Gasteiger partial charge in [-0.05, 0) is 19.4 Å². The molecule has 0 aromatic heterocycles. The third kappa shape index (κ3) is 2.66. The summed E-state index contributed by atoms with van der Waals surface area (Å²) >= 11 is 0. The van der Waals surface area contributed by atoms with Gasteiger partial charge in [0.2, 0.25) is 5.91 Å². The minimum absolute atomic E-state index is 0.241. The van der Waals surface area contributed by atoms with Gasteiger partial charge in [0.15, 0.2) is 0 Å². The summed E-state index contributed by atoms with van der Waals surface area (Å²) in [6, 6.07) is 0. The second-order valence-electron chi connectivity index (χ2n) is 2.99. The van der Waals surface area contributed by atoms with Crippen molar-refractivity contribution in [3.05, 3.63) is 12.2 Å². The zero-order chi connectivity index (χ0) is 8.81. The van der Waals surface area contributed by atoms with E-state index in [0.717, 1.165) is 25.9 Å². The Morgan fingerprint density at radius 3 is 2.92 bits per heavy atom. The summed E-state index contributed by atoms with van der Waals surface area (Å²) in [4.78, 5) is 13.3. The van der Waals surface area contributed by atoms with E-state index in [2.05, 4.69) is 6.08 Å². The fourth-order valence-electron chi connectivity index (χ4n) is 1.28. The van der Waals surface area contributed by atoms with Crippen LogP contribution in [0.15, 0.2) is 12.2 Å². The average Bonchev–Trinajstić information content (AvgIpc) is 2.15. The quantitative estimate of drug-likeness (QED) is 0.624. The first-order valence-electron chi connectivity index (χ1n) is 4.47. The minimum Gasteiger partial charge on any atom is -0.339 e. The molecular formula is C9H16N2O. The monoisotopic (exact) mass is 168 g/mol. The smallest absolute Gasteiger partial charge is 0.222 e. The van der Waals surface area contributed by atoms with Crippen LogP contribution in [0, 0.1) is 0 Å². The Morgan fingerprint density at radius 1 is 1.50 bits per heavy atom. The molecule has 12 heavy (non-hydrogen) atoms. The second-order valence-corrected chi connectivity index (χ2v) is 2.99. The van der Waals surface area contributed by atoms with Crippen LogP contribution in [0.25, 0.3) is 0 Å². The van der Waals surface area contributed by atoms with Gasteiger partial charge >= 0.3 is 0 Å². The van der Waals surface area contributed by atoms with Crippen LogP contribution < -0.4 is 5.73 Å². The van der Waals surface area contributed by atoms with E-state index in [4.69, 9.17) is 5.73 Å². The first kappa shape index (κ1) is 9.26. The Kier molecular flexibility index (Phi) is 3.80. The second kappa shape index (κ2) is 4.93. The number of carbonyl (C=O) groups excluding carboxylic acids is 1. The highest BCUT2D eigenvalue weighted by Crippen LogP contribution is 2.04. The molecule has 0 atom stereocenters. The standard InChI is InChI=1S/C9H16N2O/c10-6-4-5-9(12)11-7-2-1-3-8-11/h1-2H,3-8,10H2. The first-order valence-corrected chi connectivity index (χ1v) is 4.47. The normalized spacial score (nSPS) is 16.6. The van der Waals surface area contributed by atoms with Gasteiger partial charge in [-0.15, -0.1) is 0 Å². The lowest BCUT2D eigenvalue weighted by atomic mass is 10.2. The number of hydrogen-bond donors (Lipinski definition) is 1. The summed E-state index contributed by atoms with van der Waals surface area (Å²) in [6.07, 6.45) is 6.56. The van der Waals surface area contributed by atoms with E-state index in [1.807, 2.05) is 11.0 Å². The predicted octanol–water partition coefficient (Wildman–Crippen LogP) is 0.514. The fraction of sp³-hybridized carbons (Fsp3) is 0.667. The van der Waals surface area contributed by atoms with Crippen molar-refractivity contribution in [2.24, 2.45) is 5.73 Å². The molecule has 1 rings (SSSR count). The predicted molar refractivity (Wildman–Crippen MR) is 48.6 cm³/mol. The largest absolute Gasteiger partial charge is 0.339 e. The maximum atomic E-state index is 11.4. The molecule has 0 unspecified atom stereocenters. The molecule has 0 saturated heterocycles. The van der Waals surface area contributed by atoms with Crippen LogP contribution in [0.3, 0.4) is 0 Å². The Morgan fingerprint density at radius 2 is 2.33 bits per heavy atom. The van der Waals surface area contributed by atoms with E-state index in [-0.39, 0.29) is 5.91 Å². The van der Waals surface area contributed by atoms with Gasteiger partial charge in [-0.25, -0.2) is 0 Å². The van der Waals surface area contributed by atoms with Crippen LogP contribution in [0.1, 0.15) is 19.3 Å². The lowest BCUT2D eigenvalue weighted by molar-refractivity contribution is -0.130. The molecule has 1 aliphatic heterocycles. The number of rotatable bonds is 3. The lowest BCUT2D eigenvalue weighted by Crippen LogP contribution is -2.33. The lowest BCUT2D eigenvalue weighted by Gasteiger charge is -2.23. The fourth-order valence-corrected chi connectivity index (χ4v) is 1.28. The number of nitrogens with zero attached hydrogens (tertiary/aromatic N) is 1. The van der Waals surface area contributed by atoms with E-state index in [0.29, 0.717) is 13.0 Å². The number of nitrogens with two attached hydrogens (primary N) is 1. The van der Waals surface area contributed by atoms with Crippen molar-refractivity contribution in [2.75, 3.05) is 19.6 Å². The van der Waals surface area contributed by atoms with Crippen molar-refractivity contribution >= 4 is 5.91 Å². The van der Waals surface area contributed by atoms with Crippen LogP contribution in [0.5, 0.6) is 0 Å². The third-order valence-electron chi connectivity index (χ3n) is 2.01. The third-order valence-corrected chi connectivity index (χ3v) is 2.01. The molecule has 0 aliphatic carbocycles. The Bertz CT molecular complexity index is 177. The van der Waals surface area contributed by atoms with Crippen molar-refractivity contribution in [3.63, 3.8) is 0 Å². The van der Waals surface area contributed by atoms with Gasteiger partial charge in [-0.2, -0.15) is 0 Å². The van der Waals surface area contributed by atoms with Gasteiger partial charge in [0.1, 0.15) is 0 Å². The van der Waals surface area contributed by atoms with Gasteiger partial charge in [-0.3, -0.25) is 4.79 Å². The van der Waals surface area contributed by atoms with E-state index in [1.54, 1.807) is 0 Å². The van der Waals surface area contributed by atoms with Gasteiger partial charge < -0.3 is 10.6 Å². The van der Waals surface area contributed by atoms with Gasteiger partial charge in [0.25, 0.3) is 0 Å². The van der Waals surface area contributed by atoms with Crippen LogP contribution >= 0.6 is 0 Å². The summed E-state index contributed by atoms with van der Waals surface area (Å²) in [5.74, 6) is 0.241. The van der Waals surface area contributed by atoms with Gasteiger partial charge in [0, 0.05) is 19.5 Å². The van der Waals surface area contributed by atoms with Crippen LogP contribution in [-0.4, -0.2) is 30.4 Å². The van der Waals surface area contributed by atoms with Crippen molar-refractivity contribution in [1.29, 1.82) is 0 Å². The molecule has 3 heteroatoms. The van der Waals surface area contributed by atoms with Crippen molar-refractivity contribution in [1.82, 2.24) is 4.90 Å². The van der Waals surface area contributed by atoms with Crippen LogP contribution in [0.4, 0.5) is 0 Å². The van der Waals surface area contributed by atoms with E-state index < -0.39 is 0 Å². The molecular weight excluding hydrogens is 152 g/mol. The zero-order valence-corrected chi connectivity index (χ0v) is 7.33. The summed E-state index contributed by atoms with van der Waals surface area (Å²) in [5, 5.41) is 0. The van der Waals surface area contributed by atoms with Gasteiger partial charge in [0.05, 0.1) is 0 Å². The summed E-state index contributed by atoms with van der Waals surface area (Å²) in [7, 11) is 0. The zero-order valence-electron chi connectivity index (χ0n) is 7.33. The molecule has 0 aromatic carbocycles. The Labute approximate surface area is 73.2 Å². The Hall–Kier alpha value is -0.830. The van der Waals surface area contributed by atoms with Crippen molar-refractivity contribution in [3.8, 4) is 0 Å². The molecule has 1 heterocycles. The van der Waals surface area contributed by atoms with Crippen LogP contribution in [0.2, 0.25) is 0 Å². The van der Waals surface area contributed by atoms with E-state index in [1.165, 1.54) is 0 Å². The van der Waals surface area contributed by atoms with E-state index in [9.17, 15) is 4.79 Å².